The van der Waals surface area contributed by atoms with E-state index in [9.17, 15) is 4.79 Å². The molecule has 0 aliphatic heterocycles. The number of rotatable bonds is 5. The minimum Gasteiger partial charge on any atom is -0.496 e. The maximum absolute atomic E-state index is 10.4. The van der Waals surface area contributed by atoms with Crippen LogP contribution in [0.15, 0.2) is 22.7 Å². The van der Waals surface area contributed by atoms with Gasteiger partial charge < -0.3 is 9.53 Å². The predicted octanol–water partition coefficient (Wildman–Crippen LogP) is 3.23. The molecule has 0 unspecified atom stereocenters. The Kier molecular flexibility index (Phi) is 4.82. The van der Waals surface area contributed by atoms with Crippen molar-refractivity contribution in [2.24, 2.45) is 5.92 Å². The van der Waals surface area contributed by atoms with Crippen molar-refractivity contribution in [2.75, 3.05) is 7.11 Å². The molecule has 0 aliphatic rings. The highest BCUT2D eigenvalue weighted by atomic mass is 79.9. The Morgan fingerprint density at radius 1 is 1.53 bits per heavy atom. The van der Waals surface area contributed by atoms with Crippen LogP contribution in [-0.2, 0) is 11.2 Å². The van der Waals surface area contributed by atoms with Gasteiger partial charge in [0.2, 0.25) is 0 Å². The summed E-state index contributed by atoms with van der Waals surface area (Å²) in [7, 11) is 1.66. The second-order valence-corrected chi connectivity index (χ2v) is 4.58. The summed E-state index contributed by atoms with van der Waals surface area (Å²) in [4.78, 5) is 10.4. The lowest BCUT2D eigenvalue weighted by Gasteiger charge is -2.12. The third-order valence-corrected chi connectivity index (χ3v) is 2.81. The van der Waals surface area contributed by atoms with E-state index in [1.807, 2.05) is 18.2 Å². The Morgan fingerprint density at radius 2 is 2.27 bits per heavy atom. The third-order valence-electron chi connectivity index (χ3n) is 2.32. The summed E-state index contributed by atoms with van der Waals surface area (Å²) < 4.78 is 6.29. The molecular weight excluding hydrogens is 256 g/mol. The molecule has 0 saturated heterocycles. The lowest BCUT2D eigenvalue weighted by atomic mass is 9.98. The molecule has 0 aromatic heterocycles. The molecule has 0 aliphatic carbocycles. The van der Waals surface area contributed by atoms with Gasteiger partial charge in [0, 0.05) is 10.9 Å². The van der Waals surface area contributed by atoms with Crippen LogP contribution in [0.25, 0.3) is 0 Å². The van der Waals surface area contributed by atoms with E-state index in [1.165, 1.54) is 0 Å². The van der Waals surface area contributed by atoms with Crippen LogP contribution in [0.1, 0.15) is 18.9 Å². The lowest BCUT2D eigenvalue weighted by Crippen LogP contribution is -2.02. The minimum absolute atomic E-state index is 0.359. The van der Waals surface area contributed by atoms with E-state index in [1.54, 1.807) is 7.11 Å². The Bertz CT molecular complexity index is 336. The second kappa shape index (κ2) is 5.91. The normalized spacial score (nSPS) is 12.2. The van der Waals surface area contributed by atoms with Crippen molar-refractivity contribution < 1.29 is 9.53 Å². The van der Waals surface area contributed by atoms with Gasteiger partial charge >= 0.3 is 0 Å². The van der Waals surface area contributed by atoms with E-state index in [4.69, 9.17) is 4.74 Å². The zero-order valence-corrected chi connectivity index (χ0v) is 10.6. The summed E-state index contributed by atoms with van der Waals surface area (Å²) in [5.41, 5.74) is 1.15. The number of halogens is 1. The molecule has 2 nitrogen and oxygen atoms in total. The highest BCUT2D eigenvalue weighted by molar-refractivity contribution is 9.10. The third kappa shape index (κ3) is 3.67. The summed E-state index contributed by atoms with van der Waals surface area (Å²) >= 11 is 3.40. The molecule has 15 heavy (non-hydrogen) atoms. The SMILES string of the molecule is COc1cc(Br)ccc1C[C@H](C)CC=O. The number of carbonyl (C=O) groups excluding carboxylic acids is 1. The Labute approximate surface area is 98.8 Å². The van der Waals surface area contributed by atoms with Crippen molar-refractivity contribution >= 4 is 22.2 Å². The van der Waals surface area contributed by atoms with Crippen LogP contribution in [0.3, 0.4) is 0 Å². The number of aldehydes is 1. The topological polar surface area (TPSA) is 26.3 Å². The average Bonchev–Trinajstić information content (AvgIpc) is 2.21. The van der Waals surface area contributed by atoms with E-state index in [-0.39, 0.29) is 0 Å². The zero-order valence-electron chi connectivity index (χ0n) is 9.00. The molecule has 1 aromatic rings. The molecule has 3 heteroatoms. The van der Waals surface area contributed by atoms with E-state index in [2.05, 4.69) is 22.9 Å². The molecule has 0 fully saturated rings. The zero-order chi connectivity index (χ0) is 11.3. The van der Waals surface area contributed by atoms with E-state index in [0.29, 0.717) is 12.3 Å². The molecule has 0 bridgehead atoms. The van der Waals surface area contributed by atoms with E-state index < -0.39 is 0 Å². The van der Waals surface area contributed by atoms with Gasteiger partial charge in [0.1, 0.15) is 12.0 Å². The first kappa shape index (κ1) is 12.2. The fraction of sp³-hybridized carbons (Fsp3) is 0.417. The fourth-order valence-electron chi connectivity index (χ4n) is 1.51. The Morgan fingerprint density at radius 3 is 2.87 bits per heavy atom. The van der Waals surface area contributed by atoms with Gasteiger partial charge in [0.05, 0.1) is 7.11 Å². The monoisotopic (exact) mass is 270 g/mol. The van der Waals surface area contributed by atoms with Crippen LogP contribution >= 0.6 is 15.9 Å². The molecule has 0 saturated carbocycles. The molecule has 0 spiro atoms. The maximum atomic E-state index is 10.4. The van der Waals surface area contributed by atoms with Gasteiger partial charge in [-0.1, -0.05) is 28.9 Å². The molecule has 1 aromatic carbocycles. The van der Waals surface area contributed by atoms with Crippen LogP contribution in [0, 0.1) is 5.92 Å². The number of hydrogen-bond donors (Lipinski definition) is 0. The fourth-order valence-corrected chi connectivity index (χ4v) is 1.85. The minimum atomic E-state index is 0.359. The van der Waals surface area contributed by atoms with Gasteiger partial charge in [-0.15, -0.1) is 0 Å². The highest BCUT2D eigenvalue weighted by Gasteiger charge is 2.08. The summed E-state index contributed by atoms with van der Waals surface area (Å²) in [6.07, 6.45) is 2.43. The number of hydrogen-bond acceptors (Lipinski definition) is 2. The molecule has 0 heterocycles. The van der Waals surface area contributed by atoms with Gasteiger partial charge in [-0.3, -0.25) is 0 Å². The van der Waals surface area contributed by atoms with Crippen molar-refractivity contribution in [3.63, 3.8) is 0 Å². The number of benzene rings is 1. The summed E-state index contributed by atoms with van der Waals surface area (Å²) in [5.74, 6) is 1.24. The molecular formula is C12H15BrO2. The van der Waals surface area contributed by atoms with Crippen molar-refractivity contribution in [2.45, 2.75) is 19.8 Å². The van der Waals surface area contributed by atoms with Gasteiger partial charge in [-0.05, 0) is 30.0 Å². The Balaban J connectivity index is 2.79. The number of carbonyl (C=O) groups is 1. The van der Waals surface area contributed by atoms with Crippen LogP contribution in [-0.4, -0.2) is 13.4 Å². The van der Waals surface area contributed by atoms with E-state index >= 15 is 0 Å². The molecule has 0 amide bonds. The first-order valence-electron chi connectivity index (χ1n) is 4.93. The molecule has 1 atom stereocenters. The van der Waals surface area contributed by atoms with Crippen LogP contribution in [0.4, 0.5) is 0 Å². The number of methoxy groups -OCH3 is 1. The summed E-state index contributed by atoms with van der Waals surface area (Å²) in [6, 6.07) is 5.97. The van der Waals surface area contributed by atoms with Crippen LogP contribution < -0.4 is 4.74 Å². The van der Waals surface area contributed by atoms with Crippen molar-refractivity contribution in [3.05, 3.63) is 28.2 Å². The quantitative estimate of drug-likeness (QED) is 0.768. The first-order chi connectivity index (χ1) is 7.17. The van der Waals surface area contributed by atoms with Gasteiger partial charge in [-0.2, -0.15) is 0 Å². The van der Waals surface area contributed by atoms with Gasteiger partial charge in [0.15, 0.2) is 0 Å². The smallest absolute Gasteiger partial charge is 0.123 e. The molecule has 0 radical (unpaired) electrons. The van der Waals surface area contributed by atoms with Crippen LogP contribution in [0.2, 0.25) is 0 Å². The summed E-state index contributed by atoms with van der Waals surface area (Å²) in [6.45, 7) is 2.07. The lowest BCUT2D eigenvalue weighted by molar-refractivity contribution is -0.108. The first-order valence-corrected chi connectivity index (χ1v) is 5.72. The molecule has 82 valence electrons. The standard InChI is InChI=1S/C12H15BrO2/c1-9(5-6-14)7-10-3-4-11(13)8-12(10)15-2/h3-4,6,8-9H,5,7H2,1-2H3/t9-/m1/s1. The Hall–Kier alpha value is -0.830. The van der Waals surface area contributed by atoms with Crippen molar-refractivity contribution in [1.82, 2.24) is 0 Å². The van der Waals surface area contributed by atoms with Gasteiger partial charge in [0.25, 0.3) is 0 Å². The largest absolute Gasteiger partial charge is 0.496 e. The summed E-state index contributed by atoms with van der Waals surface area (Å²) in [5, 5.41) is 0. The number of ether oxygens (including phenoxy) is 1. The van der Waals surface area contributed by atoms with Gasteiger partial charge in [-0.25, -0.2) is 0 Å². The molecule has 0 N–H and O–H groups in total. The van der Waals surface area contributed by atoms with Crippen molar-refractivity contribution in [3.8, 4) is 5.75 Å². The van der Waals surface area contributed by atoms with E-state index in [0.717, 1.165) is 28.5 Å². The highest BCUT2D eigenvalue weighted by Crippen LogP contribution is 2.26. The molecule has 1 rings (SSSR count). The van der Waals surface area contributed by atoms with Crippen molar-refractivity contribution in [1.29, 1.82) is 0 Å². The van der Waals surface area contributed by atoms with Crippen LogP contribution in [0.5, 0.6) is 5.75 Å². The maximum Gasteiger partial charge on any atom is 0.123 e. The average molecular weight is 271 g/mol. The predicted molar refractivity (Wildman–Crippen MR) is 64.2 cm³/mol. The second-order valence-electron chi connectivity index (χ2n) is 3.67.